The van der Waals surface area contributed by atoms with Crippen molar-refractivity contribution in [1.29, 1.82) is 0 Å². The van der Waals surface area contributed by atoms with Crippen LogP contribution in [0.15, 0.2) is 65.8 Å². The molecule has 1 heterocycles. The minimum Gasteiger partial charge on any atom is -0.367 e. The van der Waals surface area contributed by atoms with Gasteiger partial charge < -0.3 is 4.74 Å². The van der Waals surface area contributed by atoms with Crippen molar-refractivity contribution in [2.45, 2.75) is 19.1 Å². The highest BCUT2D eigenvalue weighted by Gasteiger charge is 2.27. The average molecular weight is 294 g/mol. The van der Waals surface area contributed by atoms with Crippen molar-refractivity contribution in [2.24, 2.45) is 5.10 Å². The maximum absolute atomic E-state index is 12.3. The van der Waals surface area contributed by atoms with Gasteiger partial charge in [-0.05, 0) is 11.1 Å². The molecular formula is C18H18N2O2. The number of amides is 1. The third-order valence-electron chi connectivity index (χ3n) is 3.61. The topological polar surface area (TPSA) is 41.9 Å². The molecule has 0 saturated heterocycles. The summed E-state index contributed by atoms with van der Waals surface area (Å²) in [5.74, 6) is -0.112. The van der Waals surface area contributed by atoms with Crippen LogP contribution in [0.3, 0.4) is 0 Å². The minimum atomic E-state index is -0.112. The van der Waals surface area contributed by atoms with Crippen LogP contribution >= 0.6 is 0 Å². The lowest BCUT2D eigenvalue weighted by molar-refractivity contribution is -0.138. The van der Waals surface area contributed by atoms with Crippen LogP contribution in [0.4, 0.5) is 0 Å². The van der Waals surface area contributed by atoms with E-state index >= 15 is 0 Å². The first kappa shape index (κ1) is 14.5. The summed E-state index contributed by atoms with van der Waals surface area (Å²) in [6.07, 6.45) is 2.53. The Hall–Kier alpha value is -2.46. The predicted molar refractivity (Wildman–Crippen MR) is 85.2 cm³/mol. The van der Waals surface area contributed by atoms with Gasteiger partial charge in [0.1, 0.15) is 6.61 Å². The van der Waals surface area contributed by atoms with Crippen molar-refractivity contribution in [3.8, 4) is 0 Å². The van der Waals surface area contributed by atoms with Crippen LogP contribution in [0.2, 0.25) is 0 Å². The number of hydrogen-bond acceptors (Lipinski definition) is 3. The molecule has 0 aliphatic carbocycles. The summed E-state index contributed by atoms with van der Waals surface area (Å²) in [4.78, 5) is 12.3. The second-order valence-corrected chi connectivity index (χ2v) is 5.18. The van der Waals surface area contributed by atoms with Gasteiger partial charge in [-0.3, -0.25) is 4.79 Å². The van der Waals surface area contributed by atoms with Crippen LogP contribution in [0.25, 0.3) is 0 Å². The zero-order valence-corrected chi connectivity index (χ0v) is 12.3. The standard InChI is InChI=1S/C18H18N2O2/c21-18(14-22-13-15-7-3-1-4-8-15)20-17(11-12-19-20)16-9-5-2-6-10-16/h1-10,12,17H,11,13-14H2. The highest BCUT2D eigenvalue weighted by molar-refractivity contribution is 5.80. The second-order valence-electron chi connectivity index (χ2n) is 5.18. The van der Waals surface area contributed by atoms with E-state index in [1.807, 2.05) is 60.7 Å². The Morgan fingerprint density at radius 1 is 1.09 bits per heavy atom. The Bertz CT molecular complexity index is 641. The van der Waals surface area contributed by atoms with Gasteiger partial charge in [-0.25, -0.2) is 5.01 Å². The third-order valence-corrected chi connectivity index (χ3v) is 3.61. The molecule has 0 bridgehead atoms. The molecule has 2 aromatic carbocycles. The number of carbonyl (C=O) groups is 1. The average Bonchev–Trinajstić information content (AvgIpc) is 3.06. The van der Waals surface area contributed by atoms with Crippen molar-refractivity contribution < 1.29 is 9.53 Å². The number of ether oxygens (including phenoxy) is 1. The highest BCUT2D eigenvalue weighted by atomic mass is 16.5. The monoisotopic (exact) mass is 294 g/mol. The summed E-state index contributed by atoms with van der Waals surface area (Å²) >= 11 is 0. The molecule has 4 nitrogen and oxygen atoms in total. The molecular weight excluding hydrogens is 276 g/mol. The van der Waals surface area contributed by atoms with Crippen LogP contribution in [-0.4, -0.2) is 23.7 Å². The van der Waals surface area contributed by atoms with Gasteiger partial charge >= 0.3 is 0 Å². The lowest BCUT2D eigenvalue weighted by Crippen LogP contribution is -2.30. The van der Waals surface area contributed by atoms with E-state index in [0.29, 0.717) is 6.61 Å². The van der Waals surface area contributed by atoms with Crippen LogP contribution in [0.5, 0.6) is 0 Å². The van der Waals surface area contributed by atoms with E-state index in [1.54, 1.807) is 6.21 Å². The summed E-state index contributed by atoms with van der Waals surface area (Å²) in [5, 5.41) is 5.73. The first-order valence-electron chi connectivity index (χ1n) is 7.36. The summed E-state index contributed by atoms with van der Waals surface area (Å²) in [5.41, 5.74) is 2.15. The molecule has 0 fully saturated rings. The Morgan fingerprint density at radius 2 is 1.77 bits per heavy atom. The number of benzene rings is 2. The zero-order chi connectivity index (χ0) is 15.2. The molecule has 1 aliphatic rings. The van der Waals surface area contributed by atoms with Gasteiger partial charge in [-0.2, -0.15) is 5.10 Å². The molecule has 1 amide bonds. The molecule has 3 rings (SSSR count). The first-order chi connectivity index (χ1) is 10.8. The molecule has 4 heteroatoms. The summed E-state index contributed by atoms with van der Waals surface area (Å²) in [6.45, 7) is 0.468. The zero-order valence-electron chi connectivity index (χ0n) is 12.3. The fraction of sp³-hybridized carbons (Fsp3) is 0.222. The number of hydrogen-bond donors (Lipinski definition) is 0. The molecule has 0 radical (unpaired) electrons. The van der Waals surface area contributed by atoms with Crippen molar-refractivity contribution in [1.82, 2.24) is 5.01 Å². The highest BCUT2D eigenvalue weighted by Crippen LogP contribution is 2.27. The molecule has 1 aliphatic heterocycles. The predicted octanol–water partition coefficient (Wildman–Crippen LogP) is 3.16. The second kappa shape index (κ2) is 7.00. The van der Waals surface area contributed by atoms with E-state index in [9.17, 15) is 4.79 Å². The molecule has 0 N–H and O–H groups in total. The van der Waals surface area contributed by atoms with E-state index < -0.39 is 0 Å². The van der Waals surface area contributed by atoms with Gasteiger partial charge in [-0.15, -0.1) is 0 Å². The lowest BCUT2D eigenvalue weighted by Gasteiger charge is -2.22. The number of rotatable bonds is 5. The third kappa shape index (κ3) is 3.40. The smallest absolute Gasteiger partial charge is 0.269 e. The van der Waals surface area contributed by atoms with Crippen molar-refractivity contribution in [3.63, 3.8) is 0 Å². The minimum absolute atomic E-state index is 0.0194. The summed E-state index contributed by atoms with van der Waals surface area (Å²) in [7, 11) is 0. The first-order valence-corrected chi connectivity index (χ1v) is 7.36. The fourth-order valence-corrected chi connectivity index (χ4v) is 2.50. The van der Waals surface area contributed by atoms with E-state index in [-0.39, 0.29) is 18.6 Å². The molecule has 1 atom stereocenters. The van der Waals surface area contributed by atoms with Gasteiger partial charge in [0.15, 0.2) is 0 Å². The maximum Gasteiger partial charge on any atom is 0.269 e. The normalized spacial score (nSPS) is 16.9. The van der Waals surface area contributed by atoms with Crippen LogP contribution in [-0.2, 0) is 16.1 Å². The largest absolute Gasteiger partial charge is 0.367 e. The van der Waals surface area contributed by atoms with Gasteiger partial charge in [-0.1, -0.05) is 60.7 Å². The van der Waals surface area contributed by atoms with Gasteiger partial charge in [0, 0.05) is 12.6 Å². The Balaban J connectivity index is 1.56. The fourth-order valence-electron chi connectivity index (χ4n) is 2.50. The number of hydrazone groups is 1. The maximum atomic E-state index is 12.3. The summed E-state index contributed by atoms with van der Waals surface area (Å²) < 4.78 is 5.51. The Labute approximate surface area is 130 Å². The Morgan fingerprint density at radius 3 is 2.50 bits per heavy atom. The number of carbonyl (C=O) groups excluding carboxylic acids is 1. The van der Waals surface area contributed by atoms with E-state index in [2.05, 4.69) is 5.10 Å². The molecule has 0 saturated carbocycles. The number of nitrogens with zero attached hydrogens (tertiary/aromatic N) is 2. The van der Waals surface area contributed by atoms with E-state index in [1.165, 1.54) is 5.01 Å². The molecule has 0 aromatic heterocycles. The Kier molecular flexibility index (Phi) is 4.61. The van der Waals surface area contributed by atoms with Crippen LogP contribution in [0.1, 0.15) is 23.6 Å². The van der Waals surface area contributed by atoms with E-state index in [0.717, 1.165) is 17.5 Å². The molecule has 112 valence electrons. The molecule has 1 unspecified atom stereocenters. The molecule has 0 spiro atoms. The molecule has 22 heavy (non-hydrogen) atoms. The van der Waals surface area contributed by atoms with Crippen molar-refractivity contribution >= 4 is 12.1 Å². The van der Waals surface area contributed by atoms with Gasteiger partial charge in [0.25, 0.3) is 5.91 Å². The van der Waals surface area contributed by atoms with Gasteiger partial charge in [0.2, 0.25) is 0 Å². The van der Waals surface area contributed by atoms with Crippen LogP contribution < -0.4 is 0 Å². The summed E-state index contributed by atoms with van der Waals surface area (Å²) in [6, 6.07) is 19.8. The van der Waals surface area contributed by atoms with Gasteiger partial charge in [0.05, 0.1) is 12.6 Å². The van der Waals surface area contributed by atoms with E-state index in [4.69, 9.17) is 4.74 Å². The quantitative estimate of drug-likeness (QED) is 0.850. The SMILES string of the molecule is O=C(COCc1ccccc1)N1N=CCC1c1ccccc1. The van der Waals surface area contributed by atoms with Crippen molar-refractivity contribution in [2.75, 3.05) is 6.61 Å². The lowest BCUT2D eigenvalue weighted by atomic mass is 10.0. The van der Waals surface area contributed by atoms with Crippen molar-refractivity contribution in [3.05, 3.63) is 71.8 Å². The van der Waals surface area contributed by atoms with Crippen LogP contribution in [0, 0.1) is 0 Å². The molecule has 2 aromatic rings.